The van der Waals surface area contributed by atoms with Crippen LogP contribution in [0, 0.1) is 0 Å². The van der Waals surface area contributed by atoms with Crippen molar-refractivity contribution in [1.29, 1.82) is 0 Å². The van der Waals surface area contributed by atoms with E-state index in [2.05, 4.69) is 4.74 Å². The number of hydrogen-bond acceptors (Lipinski definition) is 6. The van der Waals surface area contributed by atoms with Crippen LogP contribution in [-0.4, -0.2) is 56.4 Å². The fourth-order valence-electron chi connectivity index (χ4n) is 3.07. The van der Waals surface area contributed by atoms with Crippen molar-refractivity contribution in [3.8, 4) is 11.5 Å². The van der Waals surface area contributed by atoms with Crippen molar-refractivity contribution in [3.05, 3.63) is 60.2 Å². The number of esters is 1. The third-order valence-corrected chi connectivity index (χ3v) is 6.25. The minimum Gasteiger partial charge on any atom is -0.468 e. The lowest BCUT2D eigenvalue weighted by Gasteiger charge is -2.27. The van der Waals surface area contributed by atoms with Crippen LogP contribution in [0.25, 0.3) is 0 Å². The number of carbonyl (C=O) groups excluding carboxylic acids is 2. The van der Waals surface area contributed by atoms with Gasteiger partial charge in [0.1, 0.15) is 18.0 Å². The van der Waals surface area contributed by atoms with E-state index in [4.69, 9.17) is 4.74 Å². The highest BCUT2D eigenvalue weighted by molar-refractivity contribution is 7.91. The van der Waals surface area contributed by atoms with E-state index in [-0.39, 0.29) is 18.1 Å². The molecule has 0 bridgehead atoms. The van der Waals surface area contributed by atoms with E-state index in [0.717, 1.165) is 0 Å². The Bertz CT molecular complexity index is 958. The number of benzene rings is 2. The second-order valence-corrected chi connectivity index (χ2v) is 8.74. The number of carbonyl (C=O) groups is 2. The zero-order valence-electron chi connectivity index (χ0n) is 15.4. The van der Waals surface area contributed by atoms with Crippen LogP contribution in [0.15, 0.2) is 54.6 Å². The molecule has 1 aliphatic rings. The average Bonchev–Trinajstić information content (AvgIpc) is 3.06. The van der Waals surface area contributed by atoms with Crippen molar-refractivity contribution < 1.29 is 27.5 Å². The maximum atomic E-state index is 13.1. The molecule has 1 atom stereocenters. The fourth-order valence-corrected chi connectivity index (χ4v) is 4.81. The highest BCUT2D eigenvalue weighted by Gasteiger charge is 2.36. The van der Waals surface area contributed by atoms with Gasteiger partial charge in [0.15, 0.2) is 9.84 Å². The summed E-state index contributed by atoms with van der Waals surface area (Å²) in [6, 6.07) is 15.1. The molecule has 3 rings (SSSR count). The van der Waals surface area contributed by atoms with E-state index in [1.54, 1.807) is 36.4 Å². The maximum absolute atomic E-state index is 13.1. The predicted molar refractivity (Wildman–Crippen MR) is 103 cm³/mol. The van der Waals surface area contributed by atoms with E-state index >= 15 is 0 Å². The summed E-state index contributed by atoms with van der Waals surface area (Å²) in [7, 11) is -1.99. The van der Waals surface area contributed by atoms with Crippen molar-refractivity contribution in [2.45, 2.75) is 12.5 Å². The van der Waals surface area contributed by atoms with E-state index < -0.39 is 27.8 Å². The van der Waals surface area contributed by atoms with Crippen LogP contribution in [-0.2, 0) is 19.4 Å². The molecule has 7 nitrogen and oxygen atoms in total. The van der Waals surface area contributed by atoms with Gasteiger partial charge in [-0.1, -0.05) is 24.3 Å². The van der Waals surface area contributed by atoms with E-state index in [9.17, 15) is 18.0 Å². The maximum Gasteiger partial charge on any atom is 0.325 e. The molecule has 2 aromatic rings. The largest absolute Gasteiger partial charge is 0.468 e. The number of amides is 1. The summed E-state index contributed by atoms with van der Waals surface area (Å²) in [5.41, 5.74) is 0.307. The van der Waals surface area contributed by atoms with Crippen LogP contribution in [0.1, 0.15) is 16.8 Å². The van der Waals surface area contributed by atoms with E-state index in [0.29, 0.717) is 23.5 Å². The summed E-state index contributed by atoms with van der Waals surface area (Å²) in [6.45, 7) is -0.306. The van der Waals surface area contributed by atoms with Gasteiger partial charge in [-0.2, -0.15) is 0 Å². The Morgan fingerprint density at radius 1 is 1.07 bits per heavy atom. The molecule has 1 fully saturated rings. The van der Waals surface area contributed by atoms with Gasteiger partial charge < -0.3 is 14.4 Å². The van der Waals surface area contributed by atoms with Crippen molar-refractivity contribution in [2.24, 2.45) is 0 Å². The van der Waals surface area contributed by atoms with Crippen LogP contribution in [0.5, 0.6) is 11.5 Å². The van der Waals surface area contributed by atoms with Crippen molar-refractivity contribution in [1.82, 2.24) is 4.90 Å². The molecule has 0 unspecified atom stereocenters. The monoisotopic (exact) mass is 403 g/mol. The van der Waals surface area contributed by atoms with Crippen molar-refractivity contribution in [2.75, 3.05) is 25.2 Å². The molecule has 1 saturated heterocycles. The van der Waals surface area contributed by atoms with Gasteiger partial charge in [-0.05, 0) is 36.8 Å². The summed E-state index contributed by atoms with van der Waals surface area (Å²) in [6.07, 6.45) is 0.297. The van der Waals surface area contributed by atoms with Gasteiger partial charge in [0.25, 0.3) is 5.91 Å². The molecule has 0 spiro atoms. The number of methoxy groups -OCH3 is 1. The summed E-state index contributed by atoms with van der Waals surface area (Å²) in [4.78, 5) is 26.1. The average molecular weight is 403 g/mol. The SMILES string of the molecule is COC(=O)CN(C(=O)c1cccc(Oc2ccccc2)c1)[C@H]1CCS(=O)(=O)C1. The molecule has 0 aromatic heterocycles. The highest BCUT2D eigenvalue weighted by atomic mass is 32.2. The van der Waals surface area contributed by atoms with E-state index in [1.165, 1.54) is 12.0 Å². The molecule has 1 aliphatic heterocycles. The number of hydrogen-bond donors (Lipinski definition) is 0. The second kappa shape index (κ2) is 8.43. The molecule has 1 amide bonds. The van der Waals surface area contributed by atoms with Crippen LogP contribution >= 0.6 is 0 Å². The molecule has 0 saturated carbocycles. The number of ether oxygens (including phenoxy) is 2. The zero-order valence-corrected chi connectivity index (χ0v) is 16.2. The van der Waals surface area contributed by atoms with Crippen LogP contribution in [0.3, 0.4) is 0 Å². The minimum atomic E-state index is -3.22. The lowest BCUT2D eigenvalue weighted by Crippen LogP contribution is -2.44. The van der Waals surface area contributed by atoms with Crippen LogP contribution in [0.4, 0.5) is 0 Å². The molecular weight excluding hydrogens is 382 g/mol. The fraction of sp³-hybridized carbons (Fsp3) is 0.300. The molecule has 148 valence electrons. The minimum absolute atomic E-state index is 0.000221. The third kappa shape index (κ3) is 4.89. The quantitative estimate of drug-likeness (QED) is 0.688. The first-order chi connectivity index (χ1) is 13.4. The molecule has 28 heavy (non-hydrogen) atoms. The Kier molecular flexibility index (Phi) is 5.99. The van der Waals surface area contributed by atoms with Gasteiger partial charge in [0.2, 0.25) is 0 Å². The molecule has 0 radical (unpaired) electrons. The normalized spacial score (nSPS) is 17.7. The van der Waals surface area contributed by atoms with Crippen LogP contribution in [0.2, 0.25) is 0 Å². The first kappa shape index (κ1) is 19.9. The molecule has 0 N–H and O–H groups in total. The van der Waals surface area contributed by atoms with Crippen LogP contribution < -0.4 is 4.74 Å². The van der Waals surface area contributed by atoms with Crippen molar-refractivity contribution >= 4 is 21.7 Å². The predicted octanol–water partition coefficient (Wildman–Crippen LogP) is 2.28. The number of para-hydroxylation sites is 1. The molecule has 1 heterocycles. The summed E-state index contributed by atoms with van der Waals surface area (Å²) in [5, 5.41) is 0. The number of sulfone groups is 1. The summed E-state index contributed by atoms with van der Waals surface area (Å²) in [5.74, 6) is -0.106. The lowest BCUT2D eigenvalue weighted by molar-refractivity contribution is -0.141. The Morgan fingerprint density at radius 2 is 1.79 bits per heavy atom. The first-order valence-electron chi connectivity index (χ1n) is 8.79. The Balaban J connectivity index is 1.83. The van der Waals surface area contributed by atoms with Gasteiger partial charge in [0.05, 0.1) is 18.6 Å². The number of rotatable bonds is 6. The summed E-state index contributed by atoms with van der Waals surface area (Å²) >= 11 is 0. The van der Waals surface area contributed by atoms with Gasteiger partial charge in [-0.25, -0.2) is 8.42 Å². The van der Waals surface area contributed by atoms with Gasteiger partial charge in [0, 0.05) is 11.6 Å². The summed E-state index contributed by atoms with van der Waals surface area (Å²) < 4.78 is 34.1. The Morgan fingerprint density at radius 3 is 2.43 bits per heavy atom. The molecule has 8 heteroatoms. The molecular formula is C20H21NO6S. The Hall–Kier alpha value is -2.87. The third-order valence-electron chi connectivity index (χ3n) is 4.50. The topological polar surface area (TPSA) is 90.0 Å². The molecule has 0 aliphatic carbocycles. The number of nitrogens with zero attached hydrogens (tertiary/aromatic N) is 1. The Labute approximate surface area is 163 Å². The zero-order chi connectivity index (χ0) is 20.1. The standard InChI is InChI=1S/C20H21NO6S/c1-26-19(22)13-21(16-10-11-28(24,25)14-16)20(23)15-6-5-9-18(12-15)27-17-7-3-2-4-8-17/h2-9,12,16H,10-11,13-14H2,1H3/t16-/m0/s1. The first-order valence-corrected chi connectivity index (χ1v) is 10.6. The highest BCUT2D eigenvalue weighted by Crippen LogP contribution is 2.24. The molecule has 2 aromatic carbocycles. The van der Waals surface area contributed by atoms with Crippen molar-refractivity contribution in [3.63, 3.8) is 0 Å². The van der Waals surface area contributed by atoms with Gasteiger partial charge in [-0.3, -0.25) is 9.59 Å². The second-order valence-electron chi connectivity index (χ2n) is 6.51. The lowest BCUT2D eigenvalue weighted by atomic mass is 10.1. The van der Waals surface area contributed by atoms with Gasteiger partial charge >= 0.3 is 5.97 Å². The van der Waals surface area contributed by atoms with Gasteiger partial charge in [-0.15, -0.1) is 0 Å². The smallest absolute Gasteiger partial charge is 0.325 e. The van der Waals surface area contributed by atoms with E-state index in [1.807, 2.05) is 18.2 Å².